The molecule has 1 fully saturated rings. The van der Waals surface area contributed by atoms with E-state index in [1.54, 1.807) is 0 Å². The lowest BCUT2D eigenvalue weighted by molar-refractivity contribution is -0.121. The van der Waals surface area contributed by atoms with E-state index in [1.807, 2.05) is 35.0 Å². The lowest BCUT2D eigenvalue weighted by Crippen LogP contribution is -2.52. The molecule has 1 saturated heterocycles. The van der Waals surface area contributed by atoms with Gasteiger partial charge >= 0.3 is 0 Å². The van der Waals surface area contributed by atoms with E-state index in [0.29, 0.717) is 12.5 Å². The fourth-order valence-electron chi connectivity index (χ4n) is 2.74. The van der Waals surface area contributed by atoms with Crippen LogP contribution in [0.3, 0.4) is 0 Å². The van der Waals surface area contributed by atoms with Crippen LogP contribution in [0.25, 0.3) is 5.65 Å². The van der Waals surface area contributed by atoms with Gasteiger partial charge in [-0.2, -0.15) is 0 Å². The minimum absolute atomic E-state index is 0.0500. The summed E-state index contributed by atoms with van der Waals surface area (Å²) >= 11 is 0. The molecular weight excluding hydrogens is 252 g/mol. The summed E-state index contributed by atoms with van der Waals surface area (Å²) in [5.41, 5.74) is 1.69. The highest BCUT2D eigenvalue weighted by Crippen LogP contribution is 2.09. The lowest BCUT2D eigenvalue weighted by atomic mass is 10.00. The van der Waals surface area contributed by atoms with Gasteiger partial charge in [0.2, 0.25) is 5.91 Å². The number of piperidine rings is 1. The van der Waals surface area contributed by atoms with Gasteiger partial charge in [-0.15, -0.1) is 0 Å². The van der Waals surface area contributed by atoms with Crippen molar-refractivity contribution in [1.29, 1.82) is 0 Å². The van der Waals surface area contributed by atoms with Gasteiger partial charge in [-0.1, -0.05) is 6.07 Å². The Hall–Kier alpha value is -1.88. The number of hydrogen-bond acceptors (Lipinski definition) is 3. The highest BCUT2D eigenvalue weighted by atomic mass is 16.1. The van der Waals surface area contributed by atoms with Crippen LogP contribution in [0.2, 0.25) is 0 Å². The number of carbonyl (C=O) groups is 1. The van der Waals surface area contributed by atoms with Crippen molar-refractivity contribution < 1.29 is 4.79 Å². The average molecular weight is 272 g/mol. The third-order valence-corrected chi connectivity index (χ3v) is 3.86. The van der Waals surface area contributed by atoms with Crippen LogP contribution in [0.5, 0.6) is 0 Å². The first-order valence-electron chi connectivity index (χ1n) is 7.18. The summed E-state index contributed by atoms with van der Waals surface area (Å²) in [5.74, 6) is 0.0500. The maximum atomic E-state index is 12.1. The zero-order valence-corrected chi connectivity index (χ0v) is 11.7. The van der Waals surface area contributed by atoms with Crippen molar-refractivity contribution in [1.82, 2.24) is 20.0 Å². The van der Waals surface area contributed by atoms with Gasteiger partial charge in [-0.05, 0) is 38.4 Å². The van der Waals surface area contributed by atoms with Crippen molar-refractivity contribution in [3.05, 3.63) is 36.3 Å². The number of pyridine rings is 1. The molecule has 5 nitrogen and oxygen atoms in total. The third-order valence-electron chi connectivity index (χ3n) is 3.86. The van der Waals surface area contributed by atoms with Crippen molar-refractivity contribution in [2.75, 3.05) is 6.54 Å². The van der Waals surface area contributed by atoms with Crippen LogP contribution in [0, 0.1) is 0 Å². The first-order valence-corrected chi connectivity index (χ1v) is 7.18. The monoisotopic (exact) mass is 272 g/mol. The largest absolute Gasteiger partial charge is 0.351 e. The van der Waals surface area contributed by atoms with E-state index in [9.17, 15) is 4.79 Å². The Morgan fingerprint density at radius 3 is 3.25 bits per heavy atom. The number of hydrogen-bond donors (Lipinski definition) is 2. The fourth-order valence-corrected chi connectivity index (χ4v) is 2.74. The Bertz CT molecular complexity index is 574. The number of aromatic nitrogens is 2. The van der Waals surface area contributed by atoms with Crippen molar-refractivity contribution >= 4 is 11.6 Å². The summed E-state index contributed by atoms with van der Waals surface area (Å²) < 4.78 is 1.94. The maximum absolute atomic E-state index is 12.1. The van der Waals surface area contributed by atoms with E-state index in [4.69, 9.17) is 0 Å². The van der Waals surface area contributed by atoms with Gasteiger partial charge in [-0.3, -0.25) is 4.79 Å². The number of amides is 1. The molecule has 0 aromatic carbocycles. The van der Waals surface area contributed by atoms with Gasteiger partial charge in [0.05, 0.1) is 12.1 Å². The molecule has 1 amide bonds. The SMILES string of the molecule is CC1NCCCC1NC(=O)Cc1cn2ccccc2n1. The molecule has 2 unspecified atom stereocenters. The predicted octanol–water partition coefficient (Wildman–Crippen LogP) is 1.13. The van der Waals surface area contributed by atoms with Crippen LogP contribution >= 0.6 is 0 Å². The average Bonchev–Trinajstić information content (AvgIpc) is 2.83. The molecule has 2 aromatic heterocycles. The summed E-state index contributed by atoms with van der Waals surface area (Å²) in [5, 5.41) is 6.50. The first kappa shape index (κ1) is 13.1. The molecule has 5 heteroatoms. The molecule has 1 aliphatic rings. The molecule has 2 aromatic rings. The molecule has 2 atom stereocenters. The minimum atomic E-state index is 0.0500. The number of nitrogens with one attached hydrogen (secondary N) is 2. The second kappa shape index (κ2) is 5.63. The Kier molecular flexibility index (Phi) is 3.69. The number of nitrogens with zero attached hydrogens (tertiary/aromatic N) is 2. The fraction of sp³-hybridized carbons (Fsp3) is 0.467. The van der Waals surface area contributed by atoms with Crippen LogP contribution in [-0.2, 0) is 11.2 Å². The third kappa shape index (κ3) is 2.82. The Balaban J connectivity index is 1.63. The maximum Gasteiger partial charge on any atom is 0.226 e. The highest BCUT2D eigenvalue weighted by molar-refractivity contribution is 5.78. The molecule has 3 heterocycles. The zero-order chi connectivity index (χ0) is 13.9. The Morgan fingerprint density at radius 2 is 2.45 bits per heavy atom. The van der Waals surface area contributed by atoms with Crippen molar-refractivity contribution in [2.45, 2.75) is 38.3 Å². The minimum Gasteiger partial charge on any atom is -0.351 e. The molecule has 0 saturated carbocycles. The smallest absolute Gasteiger partial charge is 0.226 e. The van der Waals surface area contributed by atoms with E-state index in [2.05, 4.69) is 22.5 Å². The van der Waals surface area contributed by atoms with Crippen molar-refractivity contribution in [3.8, 4) is 0 Å². The van der Waals surface area contributed by atoms with Gasteiger partial charge in [0.25, 0.3) is 0 Å². The molecule has 20 heavy (non-hydrogen) atoms. The standard InChI is InChI=1S/C15H20N4O/c1-11-13(5-4-7-16-11)18-15(20)9-12-10-19-8-3-2-6-14(19)17-12/h2-3,6,8,10-11,13,16H,4-5,7,9H2,1H3,(H,18,20). The van der Waals surface area contributed by atoms with Gasteiger partial charge in [-0.25, -0.2) is 4.98 Å². The summed E-state index contributed by atoms with van der Waals surface area (Å²) in [7, 11) is 0. The molecule has 0 aliphatic carbocycles. The van der Waals surface area contributed by atoms with Crippen molar-refractivity contribution in [3.63, 3.8) is 0 Å². The van der Waals surface area contributed by atoms with Crippen LogP contribution < -0.4 is 10.6 Å². The first-order chi connectivity index (χ1) is 9.72. The van der Waals surface area contributed by atoms with Crippen LogP contribution in [-0.4, -0.2) is 33.9 Å². The summed E-state index contributed by atoms with van der Waals surface area (Å²) in [6.45, 7) is 3.16. The van der Waals surface area contributed by atoms with Crippen LogP contribution in [0.15, 0.2) is 30.6 Å². The summed E-state index contributed by atoms with van der Waals surface area (Å²) in [6.07, 6.45) is 6.36. The molecule has 2 N–H and O–H groups in total. The van der Waals surface area contributed by atoms with Gasteiger partial charge < -0.3 is 15.0 Å². The number of fused-ring (bicyclic) bond motifs is 1. The summed E-state index contributed by atoms with van der Waals surface area (Å²) in [4.78, 5) is 16.6. The van der Waals surface area contributed by atoms with Crippen LogP contribution in [0.4, 0.5) is 0 Å². The van der Waals surface area contributed by atoms with Crippen molar-refractivity contribution in [2.24, 2.45) is 0 Å². The molecule has 1 aliphatic heterocycles. The zero-order valence-electron chi connectivity index (χ0n) is 11.7. The highest BCUT2D eigenvalue weighted by Gasteiger charge is 2.22. The van der Waals surface area contributed by atoms with E-state index >= 15 is 0 Å². The van der Waals surface area contributed by atoms with E-state index in [0.717, 1.165) is 30.7 Å². The summed E-state index contributed by atoms with van der Waals surface area (Å²) in [6, 6.07) is 6.41. The quantitative estimate of drug-likeness (QED) is 0.880. The van der Waals surface area contributed by atoms with E-state index in [1.165, 1.54) is 0 Å². The molecule has 106 valence electrons. The number of carbonyl (C=O) groups excluding carboxylic acids is 1. The molecule has 0 bridgehead atoms. The molecule has 0 radical (unpaired) electrons. The second-order valence-electron chi connectivity index (χ2n) is 5.43. The Morgan fingerprint density at radius 1 is 1.55 bits per heavy atom. The van der Waals surface area contributed by atoms with Gasteiger partial charge in [0, 0.05) is 24.5 Å². The number of rotatable bonds is 3. The van der Waals surface area contributed by atoms with Crippen LogP contribution in [0.1, 0.15) is 25.5 Å². The second-order valence-corrected chi connectivity index (χ2v) is 5.43. The molecular formula is C15H20N4O. The lowest BCUT2D eigenvalue weighted by Gasteiger charge is -2.30. The van der Waals surface area contributed by atoms with Gasteiger partial charge in [0.15, 0.2) is 0 Å². The normalized spacial score (nSPS) is 22.9. The molecule has 3 rings (SSSR count). The molecule has 0 spiro atoms. The van der Waals surface area contributed by atoms with Gasteiger partial charge in [0.1, 0.15) is 5.65 Å². The van der Waals surface area contributed by atoms with E-state index < -0.39 is 0 Å². The topological polar surface area (TPSA) is 58.4 Å². The predicted molar refractivity (Wildman–Crippen MR) is 77.5 cm³/mol. The van der Waals surface area contributed by atoms with E-state index in [-0.39, 0.29) is 11.9 Å². The number of imidazole rings is 1. The Labute approximate surface area is 118 Å².